The zero-order valence-electron chi connectivity index (χ0n) is 11.1. The molecule has 1 saturated carbocycles. The Kier molecular flexibility index (Phi) is 3.50. The molecule has 0 atom stereocenters. The molecule has 0 spiro atoms. The summed E-state index contributed by atoms with van der Waals surface area (Å²) < 4.78 is 5.97. The molecule has 0 saturated heterocycles. The second kappa shape index (κ2) is 5.45. The molecule has 5 nitrogen and oxygen atoms in total. The molecule has 1 heterocycles. The highest BCUT2D eigenvalue weighted by molar-refractivity contribution is 5.94. The summed E-state index contributed by atoms with van der Waals surface area (Å²) in [5.41, 5.74) is 0.825. The quantitative estimate of drug-likeness (QED) is 0.929. The minimum absolute atomic E-state index is 0.209. The van der Waals surface area contributed by atoms with E-state index in [2.05, 4.69) is 9.97 Å². The van der Waals surface area contributed by atoms with Gasteiger partial charge in [0, 0.05) is 0 Å². The van der Waals surface area contributed by atoms with E-state index >= 15 is 0 Å². The van der Waals surface area contributed by atoms with Crippen LogP contribution < -0.4 is 4.74 Å². The smallest absolute Gasteiger partial charge is 0.335 e. The van der Waals surface area contributed by atoms with Gasteiger partial charge in [-0.2, -0.15) is 0 Å². The Morgan fingerprint density at radius 1 is 1.20 bits per heavy atom. The maximum Gasteiger partial charge on any atom is 0.335 e. The van der Waals surface area contributed by atoms with Crippen LogP contribution in [0.5, 0.6) is 5.88 Å². The minimum Gasteiger partial charge on any atom is -0.478 e. The monoisotopic (exact) mass is 272 g/mol. The first-order valence-corrected chi connectivity index (χ1v) is 6.89. The van der Waals surface area contributed by atoms with Gasteiger partial charge in [-0.3, -0.25) is 0 Å². The van der Waals surface area contributed by atoms with Crippen molar-refractivity contribution in [2.24, 2.45) is 0 Å². The molecule has 1 fully saturated rings. The van der Waals surface area contributed by atoms with Gasteiger partial charge in [0.2, 0.25) is 5.88 Å². The Hall–Kier alpha value is -2.17. The van der Waals surface area contributed by atoms with Gasteiger partial charge in [-0.05, 0) is 43.9 Å². The average molecular weight is 272 g/mol. The first-order valence-electron chi connectivity index (χ1n) is 6.89. The largest absolute Gasteiger partial charge is 0.478 e. The van der Waals surface area contributed by atoms with Gasteiger partial charge >= 0.3 is 5.97 Å². The van der Waals surface area contributed by atoms with Crippen molar-refractivity contribution in [1.82, 2.24) is 9.97 Å². The number of rotatable bonds is 3. The number of carboxylic acid groups (broad SMARTS) is 1. The number of hydrogen-bond donors (Lipinski definition) is 1. The molecule has 0 amide bonds. The molecule has 104 valence electrons. The molecule has 0 radical (unpaired) electrons. The van der Waals surface area contributed by atoms with Crippen LogP contribution in [0.1, 0.15) is 42.5 Å². The molecule has 2 aromatic rings. The number of aromatic carboxylic acids is 1. The van der Waals surface area contributed by atoms with Crippen molar-refractivity contribution in [3.63, 3.8) is 0 Å². The summed E-state index contributed by atoms with van der Waals surface area (Å²) in [6.07, 6.45) is 7.39. The molecule has 1 aliphatic rings. The molecule has 0 bridgehead atoms. The standard InChI is InChI=1S/C15H16N2O3/c18-15(19)10-6-7-12-13(8-10)16-9-17-14(12)20-11-4-2-1-3-5-11/h6-9,11H,1-5H2,(H,18,19). The first-order chi connectivity index (χ1) is 9.74. The van der Waals surface area contributed by atoms with E-state index in [0.717, 1.165) is 18.2 Å². The molecule has 1 N–H and O–H groups in total. The van der Waals surface area contributed by atoms with Crippen molar-refractivity contribution in [3.8, 4) is 5.88 Å². The van der Waals surface area contributed by atoms with Crippen LogP contribution in [0.4, 0.5) is 0 Å². The van der Waals surface area contributed by atoms with Gasteiger partial charge in [-0.1, -0.05) is 6.42 Å². The molecular weight excluding hydrogens is 256 g/mol. The fraction of sp³-hybridized carbons (Fsp3) is 0.400. The summed E-state index contributed by atoms with van der Waals surface area (Å²) in [7, 11) is 0. The van der Waals surface area contributed by atoms with Crippen molar-refractivity contribution in [1.29, 1.82) is 0 Å². The highest BCUT2D eigenvalue weighted by Gasteiger charge is 2.17. The van der Waals surface area contributed by atoms with Gasteiger partial charge < -0.3 is 9.84 Å². The number of hydrogen-bond acceptors (Lipinski definition) is 4. The number of carboxylic acids is 1. The Bertz CT molecular complexity index is 636. The lowest BCUT2D eigenvalue weighted by Crippen LogP contribution is -2.20. The third kappa shape index (κ3) is 2.57. The lowest BCUT2D eigenvalue weighted by atomic mass is 9.98. The Balaban J connectivity index is 1.92. The van der Waals surface area contributed by atoms with Crippen molar-refractivity contribution >= 4 is 16.9 Å². The van der Waals surface area contributed by atoms with Crippen molar-refractivity contribution in [2.75, 3.05) is 0 Å². The van der Waals surface area contributed by atoms with Gasteiger partial charge in [-0.15, -0.1) is 0 Å². The summed E-state index contributed by atoms with van der Waals surface area (Å²) in [5, 5.41) is 9.77. The molecular formula is C15H16N2O3. The van der Waals surface area contributed by atoms with Gasteiger partial charge in [0.1, 0.15) is 12.4 Å². The Morgan fingerprint density at radius 3 is 2.75 bits per heavy atom. The van der Waals surface area contributed by atoms with Gasteiger partial charge in [0.05, 0.1) is 16.5 Å². The fourth-order valence-electron chi connectivity index (χ4n) is 2.60. The predicted molar refractivity (Wildman–Crippen MR) is 74.0 cm³/mol. The van der Waals surface area contributed by atoms with E-state index in [4.69, 9.17) is 9.84 Å². The third-order valence-corrected chi connectivity index (χ3v) is 3.68. The second-order valence-corrected chi connectivity index (χ2v) is 5.09. The van der Waals surface area contributed by atoms with E-state index in [1.165, 1.54) is 25.6 Å². The zero-order chi connectivity index (χ0) is 13.9. The van der Waals surface area contributed by atoms with Crippen LogP contribution in [0, 0.1) is 0 Å². The van der Waals surface area contributed by atoms with Crippen LogP contribution in [0.3, 0.4) is 0 Å². The molecule has 20 heavy (non-hydrogen) atoms. The third-order valence-electron chi connectivity index (χ3n) is 3.68. The van der Waals surface area contributed by atoms with E-state index in [-0.39, 0.29) is 11.7 Å². The molecule has 1 aromatic heterocycles. The molecule has 1 aliphatic carbocycles. The number of fused-ring (bicyclic) bond motifs is 1. The number of benzene rings is 1. The normalized spacial score (nSPS) is 16.2. The summed E-state index contributed by atoms with van der Waals surface area (Å²) >= 11 is 0. The van der Waals surface area contributed by atoms with Crippen LogP contribution in [0.25, 0.3) is 10.9 Å². The van der Waals surface area contributed by atoms with Crippen molar-refractivity contribution < 1.29 is 14.6 Å². The number of nitrogens with zero attached hydrogens (tertiary/aromatic N) is 2. The van der Waals surface area contributed by atoms with Gasteiger partial charge in [0.25, 0.3) is 0 Å². The number of carbonyl (C=O) groups is 1. The van der Waals surface area contributed by atoms with Crippen molar-refractivity contribution in [3.05, 3.63) is 30.1 Å². The van der Waals surface area contributed by atoms with Crippen LogP contribution in [0.2, 0.25) is 0 Å². The maximum atomic E-state index is 11.0. The fourth-order valence-corrected chi connectivity index (χ4v) is 2.60. The summed E-state index contributed by atoms with van der Waals surface area (Å²) in [6.45, 7) is 0. The van der Waals surface area contributed by atoms with Gasteiger partial charge in [0.15, 0.2) is 0 Å². The topological polar surface area (TPSA) is 72.3 Å². The van der Waals surface area contributed by atoms with E-state index in [9.17, 15) is 4.79 Å². The first kappa shape index (κ1) is 12.8. The van der Waals surface area contributed by atoms with Crippen LogP contribution in [-0.2, 0) is 0 Å². The molecule has 0 unspecified atom stereocenters. The molecule has 1 aromatic carbocycles. The zero-order valence-corrected chi connectivity index (χ0v) is 11.1. The molecule has 5 heteroatoms. The minimum atomic E-state index is -0.958. The van der Waals surface area contributed by atoms with E-state index in [0.29, 0.717) is 11.4 Å². The predicted octanol–water partition coefficient (Wildman–Crippen LogP) is 3.04. The van der Waals surface area contributed by atoms with Crippen LogP contribution >= 0.6 is 0 Å². The molecule has 0 aliphatic heterocycles. The van der Waals surface area contributed by atoms with E-state index < -0.39 is 5.97 Å². The molecule has 3 rings (SSSR count). The Labute approximate surface area is 116 Å². The lowest BCUT2D eigenvalue weighted by Gasteiger charge is -2.22. The number of aromatic nitrogens is 2. The highest BCUT2D eigenvalue weighted by atomic mass is 16.5. The number of ether oxygens (including phenoxy) is 1. The van der Waals surface area contributed by atoms with Crippen molar-refractivity contribution in [2.45, 2.75) is 38.2 Å². The van der Waals surface area contributed by atoms with E-state index in [1.807, 2.05) is 0 Å². The van der Waals surface area contributed by atoms with Crippen LogP contribution in [-0.4, -0.2) is 27.1 Å². The second-order valence-electron chi connectivity index (χ2n) is 5.09. The average Bonchev–Trinajstić information content (AvgIpc) is 2.48. The lowest BCUT2D eigenvalue weighted by molar-refractivity contribution is 0.0697. The summed E-state index contributed by atoms with van der Waals surface area (Å²) in [5.74, 6) is -0.404. The maximum absolute atomic E-state index is 11.0. The SMILES string of the molecule is O=C(O)c1ccc2c(OC3CCCCC3)ncnc2c1. The summed E-state index contributed by atoms with van der Waals surface area (Å²) in [6, 6.07) is 4.83. The van der Waals surface area contributed by atoms with Gasteiger partial charge in [-0.25, -0.2) is 14.8 Å². The summed E-state index contributed by atoms with van der Waals surface area (Å²) in [4.78, 5) is 19.3. The Morgan fingerprint density at radius 2 is 2.00 bits per heavy atom. The van der Waals surface area contributed by atoms with Crippen LogP contribution in [0.15, 0.2) is 24.5 Å². The van der Waals surface area contributed by atoms with E-state index in [1.54, 1.807) is 18.2 Å². The highest BCUT2D eigenvalue weighted by Crippen LogP contribution is 2.27.